The molecule has 2 unspecified atom stereocenters. The third-order valence-electron chi connectivity index (χ3n) is 6.90. The molecule has 8 heteroatoms. The van der Waals surface area contributed by atoms with Gasteiger partial charge in [-0.15, -0.1) is 0 Å². The van der Waals surface area contributed by atoms with Crippen molar-refractivity contribution < 1.29 is 18.8 Å². The molecule has 1 spiro atoms. The number of aromatic nitrogens is 1. The van der Waals surface area contributed by atoms with Gasteiger partial charge in [0.2, 0.25) is 0 Å². The van der Waals surface area contributed by atoms with E-state index in [9.17, 15) is 14.1 Å². The van der Waals surface area contributed by atoms with Crippen molar-refractivity contribution in [2.45, 2.75) is 43.8 Å². The molecule has 2 aromatic rings. The maximum atomic E-state index is 12.7. The summed E-state index contributed by atoms with van der Waals surface area (Å²) in [7, 11) is -0.931. The monoisotopic (exact) mass is 455 g/mol. The molecule has 1 N–H and O–H groups in total. The minimum Gasteiger partial charge on any atom is -0.485 e. The molecule has 2 atom stereocenters. The largest absolute Gasteiger partial charge is 0.485 e. The van der Waals surface area contributed by atoms with Gasteiger partial charge in [0.25, 0.3) is 5.91 Å². The number of hydrogen-bond donors (Lipinski definition) is 1. The second kappa shape index (κ2) is 8.57. The third-order valence-corrected chi connectivity index (χ3v) is 7.99. The van der Waals surface area contributed by atoms with E-state index in [1.807, 2.05) is 28.6 Å². The van der Waals surface area contributed by atoms with E-state index < -0.39 is 17.1 Å². The lowest BCUT2D eigenvalue weighted by atomic mass is 9.88. The summed E-state index contributed by atoms with van der Waals surface area (Å²) in [4.78, 5) is 19.1. The first kappa shape index (κ1) is 21.6. The molecule has 3 aliphatic heterocycles. The number of carbonyl (C=O) groups excluding carboxylic acids is 1. The molecule has 32 heavy (non-hydrogen) atoms. The van der Waals surface area contributed by atoms with Crippen LogP contribution in [0.1, 0.15) is 41.6 Å². The SMILES string of the molecule is CS(=O)N1CCC2(CC1)Cc1cc(-c3ccc(C(=O)N4CCCC(O)C4)cc3)ncc1O2. The highest BCUT2D eigenvalue weighted by Gasteiger charge is 2.42. The number of β-amino-alcohol motifs (C(OH)–C–C–N with tert-alkyl or cyclic N) is 1. The van der Waals surface area contributed by atoms with Gasteiger partial charge in [-0.3, -0.25) is 9.78 Å². The molecule has 5 rings (SSSR count). The predicted octanol–water partition coefficient (Wildman–Crippen LogP) is 2.41. The van der Waals surface area contributed by atoms with Crippen LogP contribution in [0.4, 0.5) is 0 Å². The van der Waals surface area contributed by atoms with Crippen molar-refractivity contribution in [1.29, 1.82) is 0 Å². The number of ether oxygens (including phenoxy) is 1. The number of piperidine rings is 2. The van der Waals surface area contributed by atoms with Gasteiger partial charge >= 0.3 is 0 Å². The minimum absolute atomic E-state index is 0.0353. The summed E-state index contributed by atoms with van der Waals surface area (Å²) in [6.07, 6.45) is 7.26. The number of rotatable bonds is 3. The number of pyridine rings is 1. The number of hydrogen-bond acceptors (Lipinski definition) is 5. The topological polar surface area (TPSA) is 83.0 Å². The highest BCUT2D eigenvalue weighted by atomic mass is 32.2. The second-order valence-corrected chi connectivity index (χ2v) is 10.5. The molecule has 2 saturated heterocycles. The smallest absolute Gasteiger partial charge is 0.253 e. The molecule has 0 radical (unpaired) electrons. The zero-order valence-electron chi connectivity index (χ0n) is 18.3. The van der Waals surface area contributed by atoms with E-state index in [1.165, 1.54) is 0 Å². The van der Waals surface area contributed by atoms with Gasteiger partial charge in [-0.1, -0.05) is 12.1 Å². The number of likely N-dealkylation sites (tertiary alicyclic amines) is 1. The molecule has 2 fully saturated rings. The molecule has 1 amide bonds. The van der Waals surface area contributed by atoms with Crippen molar-refractivity contribution in [3.63, 3.8) is 0 Å². The Balaban J connectivity index is 1.28. The Morgan fingerprint density at radius 2 is 1.97 bits per heavy atom. The Kier molecular flexibility index (Phi) is 5.77. The maximum absolute atomic E-state index is 12.7. The summed E-state index contributed by atoms with van der Waals surface area (Å²) in [6.45, 7) is 2.65. The molecule has 170 valence electrons. The molecule has 4 heterocycles. The fourth-order valence-electron chi connectivity index (χ4n) is 5.02. The number of aliphatic hydroxyl groups is 1. The van der Waals surface area contributed by atoms with Crippen LogP contribution >= 0.6 is 0 Å². The Labute approximate surface area is 191 Å². The summed E-state index contributed by atoms with van der Waals surface area (Å²) in [5.74, 6) is 0.808. The summed E-state index contributed by atoms with van der Waals surface area (Å²) >= 11 is 0. The number of fused-ring (bicyclic) bond motifs is 1. The Bertz CT molecular complexity index is 1030. The molecule has 0 bridgehead atoms. The third kappa shape index (κ3) is 4.19. The second-order valence-electron chi connectivity index (χ2n) is 9.12. The first-order valence-corrected chi connectivity index (χ1v) is 12.8. The van der Waals surface area contributed by atoms with Crippen LogP contribution in [0.5, 0.6) is 5.75 Å². The number of aliphatic hydroxyl groups excluding tert-OH is 1. The van der Waals surface area contributed by atoms with Gasteiger partial charge in [-0.2, -0.15) is 0 Å². The van der Waals surface area contributed by atoms with Crippen LogP contribution in [-0.4, -0.2) is 73.6 Å². The zero-order valence-corrected chi connectivity index (χ0v) is 19.1. The lowest BCUT2D eigenvalue weighted by molar-refractivity contribution is 0.0417. The maximum Gasteiger partial charge on any atom is 0.253 e. The molecular formula is C24H29N3O4S. The predicted molar refractivity (Wildman–Crippen MR) is 123 cm³/mol. The lowest BCUT2D eigenvalue weighted by Gasteiger charge is -2.37. The van der Waals surface area contributed by atoms with Crippen LogP contribution in [0.25, 0.3) is 11.3 Å². The van der Waals surface area contributed by atoms with E-state index in [4.69, 9.17) is 4.74 Å². The van der Waals surface area contributed by atoms with Gasteiger partial charge < -0.3 is 14.7 Å². The van der Waals surface area contributed by atoms with Crippen LogP contribution in [0.3, 0.4) is 0 Å². The van der Waals surface area contributed by atoms with Crippen LogP contribution < -0.4 is 4.74 Å². The van der Waals surface area contributed by atoms with Gasteiger partial charge in [0.05, 0.1) is 29.0 Å². The van der Waals surface area contributed by atoms with E-state index >= 15 is 0 Å². The van der Waals surface area contributed by atoms with Crippen molar-refractivity contribution in [2.24, 2.45) is 0 Å². The number of carbonyl (C=O) groups is 1. The minimum atomic E-state index is -0.931. The molecule has 7 nitrogen and oxygen atoms in total. The lowest BCUT2D eigenvalue weighted by Crippen LogP contribution is -2.47. The van der Waals surface area contributed by atoms with Crippen LogP contribution in [-0.2, 0) is 17.4 Å². The van der Waals surface area contributed by atoms with Gasteiger partial charge in [0, 0.05) is 68.4 Å². The van der Waals surface area contributed by atoms with Crippen molar-refractivity contribution in [3.8, 4) is 17.0 Å². The standard InChI is InChI=1S/C24H29N3O4S/c1-32(30)27-11-8-24(9-12-27)14-19-13-21(25-15-22(19)31-24)17-4-6-18(7-5-17)23(29)26-10-2-3-20(28)16-26/h4-7,13,15,20,28H,2-3,8-12,14,16H2,1H3. The molecule has 3 aliphatic rings. The summed E-state index contributed by atoms with van der Waals surface area (Å²) in [5.41, 5.74) is 3.40. The van der Waals surface area contributed by atoms with Gasteiger partial charge in [0.1, 0.15) is 11.4 Å². The van der Waals surface area contributed by atoms with Gasteiger partial charge in [-0.05, 0) is 31.0 Å². The van der Waals surface area contributed by atoms with Crippen molar-refractivity contribution >= 4 is 16.9 Å². The van der Waals surface area contributed by atoms with E-state index in [-0.39, 0.29) is 11.5 Å². The number of amides is 1. The van der Waals surface area contributed by atoms with E-state index in [1.54, 1.807) is 17.4 Å². The van der Waals surface area contributed by atoms with Crippen molar-refractivity contribution in [3.05, 3.63) is 47.7 Å². The molecule has 1 aromatic heterocycles. The molecule has 0 saturated carbocycles. The van der Waals surface area contributed by atoms with Crippen LogP contribution in [0.2, 0.25) is 0 Å². The van der Waals surface area contributed by atoms with Gasteiger partial charge in [0.15, 0.2) is 0 Å². The van der Waals surface area contributed by atoms with Crippen molar-refractivity contribution in [1.82, 2.24) is 14.2 Å². The van der Waals surface area contributed by atoms with E-state index in [0.717, 1.165) is 67.8 Å². The first-order valence-electron chi connectivity index (χ1n) is 11.3. The van der Waals surface area contributed by atoms with Crippen LogP contribution in [0.15, 0.2) is 36.5 Å². The number of benzene rings is 1. The summed E-state index contributed by atoms with van der Waals surface area (Å²) in [6, 6.07) is 9.64. The fourth-order valence-corrected chi connectivity index (χ4v) is 5.72. The van der Waals surface area contributed by atoms with Crippen LogP contribution in [0, 0.1) is 0 Å². The van der Waals surface area contributed by atoms with Crippen molar-refractivity contribution in [2.75, 3.05) is 32.4 Å². The fraction of sp³-hybridized carbons (Fsp3) is 0.500. The highest BCUT2D eigenvalue weighted by Crippen LogP contribution is 2.42. The average molecular weight is 456 g/mol. The molecule has 1 aromatic carbocycles. The number of nitrogens with zero attached hydrogens (tertiary/aromatic N) is 3. The highest BCUT2D eigenvalue weighted by molar-refractivity contribution is 7.81. The molecular weight excluding hydrogens is 426 g/mol. The Hall–Kier alpha value is -2.29. The normalized spacial score (nSPS) is 23.6. The van der Waals surface area contributed by atoms with E-state index in [0.29, 0.717) is 18.7 Å². The zero-order chi connectivity index (χ0) is 22.3. The Morgan fingerprint density at radius 1 is 1.22 bits per heavy atom. The van der Waals surface area contributed by atoms with E-state index in [2.05, 4.69) is 11.1 Å². The summed E-state index contributed by atoms with van der Waals surface area (Å²) < 4.78 is 20.1. The summed E-state index contributed by atoms with van der Waals surface area (Å²) in [5, 5.41) is 9.85. The average Bonchev–Trinajstić information content (AvgIpc) is 3.15. The quantitative estimate of drug-likeness (QED) is 0.769. The Morgan fingerprint density at radius 3 is 2.66 bits per heavy atom. The first-order chi connectivity index (χ1) is 15.4. The van der Waals surface area contributed by atoms with Gasteiger partial charge in [-0.25, -0.2) is 8.51 Å². The molecule has 0 aliphatic carbocycles.